The van der Waals surface area contributed by atoms with E-state index in [1.807, 2.05) is 17.1 Å². The second-order valence-corrected chi connectivity index (χ2v) is 9.34. The number of fused-ring (bicyclic) bond motifs is 1. The van der Waals surface area contributed by atoms with Gasteiger partial charge in [-0.2, -0.15) is 15.6 Å². The minimum atomic E-state index is 0.126. The van der Waals surface area contributed by atoms with Crippen molar-refractivity contribution in [3.63, 3.8) is 0 Å². The van der Waals surface area contributed by atoms with Gasteiger partial charge in [-0.3, -0.25) is 4.68 Å². The largest absolute Gasteiger partial charge is 0.328 e. The summed E-state index contributed by atoms with van der Waals surface area (Å²) in [7, 11) is 0. The Morgan fingerprint density at radius 1 is 0.938 bits per heavy atom. The lowest BCUT2D eigenvalue weighted by Crippen LogP contribution is -2.17. The second-order valence-electron chi connectivity index (χ2n) is 9.34. The molecule has 0 bridgehead atoms. The van der Waals surface area contributed by atoms with Crippen molar-refractivity contribution in [2.75, 3.05) is 0 Å². The van der Waals surface area contributed by atoms with E-state index in [1.165, 1.54) is 51.4 Å². The van der Waals surface area contributed by atoms with Crippen LogP contribution >= 0.6 is 0 Å². The van der Waals surface area contributed by atoms with Crippen LogP contribution in [-0.4, -0.2) is 24.3 Å². The Morgan fingerprint density at radius 3 is 2.28 bits per heavy atom. The van der Waals surface area contributed by atoms with E-state index < -0.39 is 0 Å². The molecule has 0 radical (unpaired) electrons. The highest BCUT2D eigenvalue weighted by atomic mass is 15.3. The SMILES string of the molecule is N#CCC(C1CCCC1)n1cc(-c2ncnc3c2ccn3C(CC#N)C2CCCC2)cn1. The molecule has 0 aromatic carbocycles. The first-order valence-corrected chi connectivity index (χ1v) is 11.9. The molecule has 2 atom stereocenters. The molecule has 164 valence electrons. The highest BCUT2D eigenvalue weighted by molar-refractivity contribution is 5.90. The van der Waals surface area contributed by atoms with Crippen LogP contribution < -0.4 is 0 Å². The van der Waals surface area contributed by atoms with E-state index >= 15 is 0 Å². The molecule has 2 aliphatic carbocycles. The van der Waals surface area contributed by atoms with Crippen molar-refractivity contribution in [2.24, 2.45) is 11.8 Å². The molecule has 0 spiro atoms. The lowest BCUT2D eigenvalue weighted by molar-refractivity contribution is 0.315. The predicted molar refractivity (Wildman–Crippen MR) is 121 cm³/mol. The molecule has 0 aliphatic heterocycles. The van der Waals surface area contributed by atoms with Gasteiger partial charge in [0.25, 0.3) is 0 Å². The Labute approximate surface area is 188 Å². The summed E-state index contributed by atoms with van der Waals surface area (Å²) in [6, 6.07) is 7.11. The van der Waals surface area contributed by atoms with Crippen LogP contribution in [0.4, 0.5) is 0 Å². The van der Waals surface area contributed by atoms with E-state index in [1.54, 1.807) is 6.33 Å². The average molecular weight is 428 g/mol. The van der Waals surface area contributed by atoms with Crippen molar-refractivity contribution in [1.29, 1.82) is 10.5 Å². The van der Waals surface area contributed by atoms with Crippen LogP contribution in [0.3, 0.4) is 0 Å². The van der Waals surface area contributed by atoms with Crippen molar-refractivity contribution in [3.05, 3.63) is 31.0 Å². The molecule has 0 saturated heterocycles. The summed E-state index contributed by atoms with van der Waals surface area (Å²) in [5.41, 5.74) is 2.71. The molecular formula is C25H29N7. The molecule has 2 unspecified atom stereocenters. The number of nitriles is 2. The number of hydrogen-bond donors (Lipinski definition) is 0. The molecule has 3 heterocycles. The summed E-state index contributed by atoms with van der Waals surface area (Å²) >= 11 is 0. The predicted octanol–water partition coefficient (Wildman–Crippen LogP) is 5.58. The van der Waals surface area contributed by atoms with Gasteiger partial charge in [-0.15, -0.1) is 0 Å². The van der Waals surface area contributed by atoms with Gasteiger partial charge in [0.1, 0.15) is 12.0 Å². The van der Waals surface area contributed by atoms with Gasteiger partial charge in [0.05, 0.1) is 49.0 Å². The normalized spacial score (nSPS) is 19.2. The number of rotatable bonds is 7. The van der Waals surface area contributed by atoms with Gasteiger partial charge in [-0.05, 0) is 43.6 Å². The Hall–Kier alpha value is -3.19. The molecule has 5 rings (SSSR count). The van der Waals surface area contributed by atoms with E-state index in [2.05, 4.69) is 44.0 Å². The first kappa shape index (κ1) is 20.7. The highest BCUT2D eigenvalue weighted by Crippen LogP contribution is 2.39. The van der Waals surface area contributed by atoms with Crippen LogP contribution in [0.25, 0.3) is 22.3 Å². The molecule has 2 fully saturated rings. The van der Waals surface area contributed by atoms with Crippen LogP contribution in [0.1, 0.15) is 76.3 Å². The first-order chi connectivity index (χ1) is 15.8. The number of nitrogens with zero attached hydrogens (tertiary/aromatic N) is 7. The minimum absolute atomic E-state index is 0.126. The standard InChI is InChI=1S/C25H29N7/c26-12-9-22(18-5-1-2-6-18)31-14-11-21-24(28-17-29-25(21)31)20-15-30-32(16-20)23(10-13-27)19-7-3-4-8-19/h11,14-19,22-23H,1-10H2. The van der Waals surface area contributed by atoms with E-state index in [-0.39, 0.29) is 12.1 Å². The zero-order valence-corrected chi connectivity index (χ0v) is 18.4. The zero-order chi connectivity index (χ0) is 21.9. The maximum atomic E-state index is 9.46. The van der Waals surface area contributed by atoms with Gasteiger partial charge >= 0.3 is 0 Å². The Morgan fingerprint density at radius 2 is 1.59 bits per heavy atom. The average Bonchev–Trinajstić information content (AvgIpc) is 3.63. The molecule has 3 aromatic heterocycles. The third-order valence-electron chi connectivity index (χ3n) is 7.57. The fraction of sp³-hybridized carbons (Fsp3) is 0.560. The molecular weight excluding hydrogens is 398 g/mol. The number of aromatic nitrogens is 5. The van der Waals surface area contributed by atoms with Gasteiger partial charge in [-0.25, -0.2) is 9.97 Å². The smallest absolute Gasteiger partial charge is 0.144 e. The van der Waals surface area contributed by atoms with Crippen molar-refractivity contribution in [1.82, 2.24) is 24.3 Å². The summed E-state index contributed by atoms with van der Waals surface area (Å²) in [5.74, 6) is 1.05. The molecule has 2 saturated carbocycles. The van der Waals surface area contributed by atoms with Crippen LogP contribution in [0.2, 0.25) is 0 Å². The monoisotopic (exact) mass is 427 g/mol. The number of hydrogen-bond acceptors (Lipinski definition) is 5. The van der Waals surface area contributed by atoms with E-state index in [4.69, 9.17) is 0 Å². The topological polar surface area (TPSA) is 96.1 Å². The second kappa shape index (κ2) is 9.12. The summed E-state index contributed by atoms with van der Waals surface area (Å²) in [6.45, 7) is 0. The minimum Gasteiger partial charge on any atom is -0.328 e. The summed E-state index contributed by atoms with van der Waals surface area (Å²) in [5, 5.41) is 24.5. The van der Waals surface area contributed by atoms with Crippen LogP contribution in [-0.2, 0) is 0 Å². The highest BCUT2D eigenvalue weighted by Gasteiger charge is 2.29. The van der Waals surface area contributed by atoms with Gasteiger partial charge < -0.3 is 4.57 Å². The van der Waals surface area contributed by atoms with Crippen molar-refractivity contribution < 1.29 is 0 Å². The molecule has 3 aromatic rings. The van der Waals surface area contributed by atoms with E-state index in [9.17, 15) is 10.5 Å². The Balaban J connectivity index is 1.49. The fourth-order valence-electron chi connectivity index (χ4n) is 5.95. The lowest BCUT2D eigenvalue weighted by atomic mass is 9.95. The molecule has 32 heavy (non-hydrogen) atoms. The lowest BCUT2D eigenvalue weighted by Gasteiger charge is -2.23. The fourth-order valence-corrected chi connectivity index (χ4v) is 5.95. The molecule has 7 heteroatoms. The molecule has 7 nitrogen and oxygen atoms in total. The van der Waals surface area contributed by atoms with Crippen molar-refractivity contribution in [3.8, 4) is 23.4 Å². The summed E-state index contributed by atoms with van der Waals surface area (Å²) in [6.07, 6.45) is 18.3. The zero-order valence-electron chi connectivity index (χ0n) is 18.4. The molecule has 0 amide bonds. The molecule has 2 aliphatic rings. The first-order valence-electron chi connectivity index (χ1n) is 11.9. The third kappa shape index (κ3) is 3.77. The Bertz CT molecular complexity index is 1150. The van der Waals surface area contributed by atoms with Crippen LogP contribution in [0.15, 0.2) is 31.0 Å². The van der Waals surface area contributed by atoms with Crippen molar-refractivity contribution in [2.45, 2.75) is 76.3 Å². The summed E-state index contributed by atoms with van der Waals surface area (Å²) < 4.78 is 4.18. The van der Waals surface area contributed by atoms with Gasteiger partial charge in [-0.1, -0.05) is 25.7 Å². The van der Waals surface area contributed by atoms with Gasteiger partial charge in [0, 0.05) is 23.3 Å². The van der Waals surface area contributed by atoms with Gasteiger partial charge in [0.15, 0.2) is 0 Å². The quantitative estimate of drug-likeness (QED) is 0.490. The van der Waals surface area contributed by atoms with Crippen LogP contribution in [0.5, 0.6) is 0 Å². The maximum Gasteiger partial charge on any atom is 0.144 e. The van der Waals surface area contributed by atoms with Crippen molar-refractivity contribution >= 4 is 11.0 Å². The van der Waals surface area contributed by atoms with Gasteiger partial charge in [0.2, 0.25) is 0 Å². The van der Waals surface area contributed by atoms with Crippen LogP contribution in [0, 0.1) is 34.5 Å². The van der Waals surface area contributed by atoms with E-state index in [0.717, 1.165) is 22.3 Å². The molecule has 0 N–H and O–H groups in total. The third-order valence-corrected chi connectivity index (χ3v) is 7.57. The Kier molecular flexibility index (Phi) is 5.90. The maximum absolute atomic E-state index is 9.46. The van der Waals surface area contributed by atoms with E-state index in [0.29, 0.717) is 24.7 Å². The summed E-state index contributed by atoms with van der Waals surface area (Å²) in [4.78, 5) is 9.21.